The Morgan fingerprint density at radius 1 is 1.39 bits per heavy atom. The minimum Gasteiger partial charge on any atom is -0.496 e. The fraction of sp³-hybridized carbons (Fsp3) is 0.364. The predicted molar refractivity (Wildman–Crippen MR) is 65.8 cm³/mol. The van der Waals surface area contributed by atoms with E-state index < -0.39 is 16.0 Å². The SMILES string of the molecule is CCOC(=O)c1cc(CS(N)(=O)=O)ccc1OC. The fourth-order valence-electron chi connectivity index (χ4n) is 1.45. The van der Waals surface area contributed by atoms with Gasteiger partial charge in [0.1, 0.15) is 11.3 Å². The van der Waals surface area contributed by atoms with Gasteiger partial charge in [0.05, 0.1) is 19.5 Å². The van der Waals surface area contributed by atoms with Crippen LogP contribution in [0, 0.1) is 0 Å². The third kappa shape index (κ3) is 4.01. The van der Waals surface area contributed by atoms with E-state index in [-0.39, 0.29) is 17.9 Å². The highest BCUT2D eigenvalue weighted by molar-refractivity contribution is 7.88. The van der Waals surface area contributed by atoms with Crippen molar-refractivity contribution >= 4 is 16.0 Å². The van der Waals surface area contributed by atoms with Crippen LogP contribution in [0.25, 0.3) is 0 Å². The number of hydrogen-bond donors (Lipinski definition) is 1. The Morgan fingerprint density at radius 2 is 2.06 bits per heavy atom. The summed E-state index contributed by atoms with van der Waals surface area (Å²) >= 11 is 0. The zero-order valence-electron chi connectivity index (χ0n) is 10.2. The molecule has 7 heteroatoms. The molecule has 0 radical (unpaired) electrons. The zero-order chi connectivity index (χ0) is 13.8. The highest BCUT2D eigenvalue weighted by Crippen LogP contribution is 2.21. The van der Waals surface area contributed by atoms with E-state index in [0.717, 1.165) is 0 Å². The summed E-state index contributed by atoms with van der Waals surface area (Å²) in [6.45, 7) is 1.90. The summed E-state index contributed by atoms with van der Waals surface area (Å²) in [5.74, 6) is -0.583. The molecule has 1 aromatic carbocycles. The first-order valence-electron chi connectivity index (χ1n) is 5.22. The Balaban J connectivity index is 3.13. The molecule has 2 N–H and O–H groups in total. The van der Waals surface area contributed by atoms with Crippen molar-refractivity contribution in [3.8, 4) is 5.75 Å². The van der Waals surface area contributed by atoms with Gasteiger partial charge in [0, 0.05) is 0 Å². The van der Waals surface area contributed by atoms with E-state index in [9.17, 15) is 13.2 Å². The Kier molecular flexibility index (Phi) is 4.69. The summed E-state index contributed by atoms with van der Waals surface area (Å²) in [7, 11) is -2.23. The lowest BCUT2D eigenvalue weighted by Gasteiger charge is -2.09. The molecule has 0 atom stereocenters. The maximum absolute atomic E-state index is 11.7. The lowest BCUT2D eigenvalue weighted by Crippen LogP contribution is -2.15. The molecule has 100 valence electrons. The lowest BCUT2D eigenvalue weighted by atomic mass is 10.1. The first-order chi connectivity index (χ1) is 8.37. The second-order valence-electron chi connectivity index (χ2n) is 3.56. The number of rotatable bonds is 5. The maximum atomic E-state index is 11.7. The van der Waals surface area contributed by atoms with E-state index in [2.05, 4.69) is 0 Å². The van der Waals surface area contributed by atoms with Crippen LogP contribution in [0.3, 0.4) is 0 Å². The highest BCUT2D eigenvalue weighted by atomic mass is 32.2. The number of ether oxygens (including phenoxy) is 2. The van der Waals surface area contributed by atoms with Crippen molar-refractivity contribution in [1.82, 2.24) is 0 Å². The number of hydrogen-bond acceptors (Lipinski definition) is 5. The van der Waals surface area contributed by atoms with Gasteiger partial charge in [0.25, 0.3) is 0 Å². The second kappa shape index (κ2) is 5.83. The van der Waals surface area contributed by atoms with Crippen molar-refractivity contribution in [2.75, 3.05) is 13.7 Å². The van der Waals surface area contributed by atoms with Crippen molar-refractivity contribution in [1.29, 1.82) is 0 Å². The van der Waals surface area contributed by atoms with Crippen LogP contribution in [0.5, 0.6) is 5.75 Å². The second-order valence-corrected chi connectivity index (χ2v) is 5.18. The standard InChI is InChI=1S/C11H15NO5S/c1-3-17-11(13)9-6-8(7-18(12,14)15)4-5-10(9)16-2/h4-6H,3,7H2,1-2H3,(H2,12,14,15). The molecule has 1 rings (SSSR count). The van der Waals surface area contributed by atoms with Gasteiger partial charge >= 0.3 is 5.97 Å². The van der Waals surface area contributed by atoms with Crippen LogP contribution < -0.4 is 9.88 Å². The molecule has 0 heterocycles. The summed E-state index contributed by atoms with van der Waals surface area (Å²) < 4.78 is 31.9. The fourth-order valence-corrected chi connectivity index (χ4v) is 2.09. The average Bonchev–Trinajstić information content (AvgIpc) is 2.27. The molecule has 0 bridgehead atoms. The van der Waals surface area contributed by atoms with Gasteiger partial charge in [-0.3, -0.25) is 0 Å². The normalized spacial score (nSPS) is 11.1. The molecule has 0 fully saturated rings. The number of benzene rings is 1. The number of carbonyl (C=O) groups is 1. The van der Waals surface area contributed by atoms with Crippen LogP contribution in [0.4, 0.5) is 0 Å². The van der Waals surface area contributed by atoms with Gasteiger partial charge in [-0.25, -0.2) is 18.4 Å². The smallest absolute Gasteiger partial charge is 0.341 e. The van der Waals surface area contributed by atoms with Gasteiger partial charge in [-0.1, -0.05) is 6.07 Å². The molecule has 0 amide bonds. The molecule has 0 aliphatic rings. The number of sulfonamides is 1. The molecule has 0 aliphatic heterocycles. The van der Waals surface area contributed by atoms with Gasteiger partial charge in [-0.15, -0.1) is 0 Å². The lowest BCUT2D eigenvalue weighted by molar-refractivity contribution is 0.0522. The van der Waals surface area contributed by atoms with Crippen molar-refractivity contribution in [3.05, 3.63) is 29.3 Å². The van der Waals surface area contributed by atoms with Crippen molar-refractivity contribution < 1.29 is 22.7 Å². The maximum Gasteiger partial charge on any atom is 0.341 e. The quantitative estimate of drug-likeness (QED) is 0.795. The van der Waals surface area contributed by atoms with Crippen molar-refractivity contribution in [2.45, 2.75) is 12.7 Å². The van der Waals surface area contributed by atoms with Crippen LogP contribution >= 0.6 is 0 Å². The Bertz CT molecular complexity index is 538. The first-order valence-corrected chi connectivity index (χ1v) is 6.93. The summed E-state index contributed by atoms with van der Waals surface area (Å²) in [6, 6.07) is 4.44. The van der Waals surface area contributed by atoms with E-state index >= 15 is 0 Å². The number of esters is 1. The number of primary sulfonamides is 1. The van der Waals surface area contributed by atoms with E-state index in [1.165, 1.54) is 25.3 Å². The third-order valence-corrected chi connectivity index (χ3v) is 2.86. The van der Waals surface area contributed by atoms with E-state index in [0.29, 0.717) is 11.3 Å². The minimum atomic E-state index is -3.64. The van der Waals surface area contributed by atoms with Crippen molar-refractivity contribution in [2.24, 2.45) is 5.14 Å². The molecule has 0 saturated carbocycles. The third-order valence-electron chi connectivity index (χ3n) is 2.13. The summed E-state index contributed by atoms with van der Waals surface area (Å²) in [5, 5.41) is 4.95. The Morgan fingerprint density at radius 3 is 2.56 bits per heavy atom. The minimum absolute atomic E-state index is 0.181. The summed E-state index contributed by atoms with van der Waals surface area (Å²) in [5.41, 5.74) is 0.585. The van der Waals surface area contributed by atoms with Gasteiger partial charge in [-0.2, -0.15) is 0 Å². The van der Waals surface area contributed by atoms with Crippen LogP contribution in [0.15, 0.2) is 18.2 Å². The van der Waals surface area contributed by atoms with E-state index in [1.807, 2.05) is 0 Å². The van der Waals surface area contributed by atoms with Gasteiger partial charge in [-0.05, 0) is 24.6 Å². The molecule has 0 unspecified atom stereocenters. The topological polar surface area (TPSA) is 95.7 Å². The molecule has 18 heavy (non-hydrogen) atoms. The molecular weight excluding hydrogens is 258 g/mol. The van der Waals surface area contributed by atoms with Crippen LogP contribution in [0.1, 0.15) is 22.8 Å². The first kappa shape index (κ1) is 14.5. The zero-order valence-corrected chi connectivity index (χ0v) is 11.0. The molecule has 0 aromatic heterocycles. The van der Waals surface area contributed by atoms with Crippen LogP contribution in [-0.4, -0.2) is 28.1 Å². The van der Waals surface area contributed by atoms with E-state index in [1.54, 1.807) is 6.92 Å². The summed E-state index contributed by atoms with van der Waals surface area (Å²) in [4.78, 5) is 11.7. The highest BCUT2D eigenvalue weighted by Gasteiger charge is 2.15. The monoisotopic (exact) mass is 273 g/mol. The van der Waals surface area contributed by atoms with E-state index in [4.69, 9.17) is 14.6 Å². The molecule has 0 aliphatic carbocycles. The molecule has 0 spiro atoms. The van der Waals surface area contributed by atoms with Crippen LogP contribution in [-0.2, 0) is 20.5 Å². The average molecular weight is 273 g/mol. The molecular formula is C11H15NO5S. The Hall–Kier alpha value is -1.60. The van der Waals surface area contributed by atoms with Crippen LogP contribution in [0.2, 0.25) is 0 Å². The van der Waals surface area contributed by atoms with Gasteiger partial charge < -0.3 is 9.47 Å². The predicted octanol–water partition coefficient (Wildman–Crippen LogP) is 0.660. The largest absolute Gasteiger partial charge is 0.496 e. The number of nitrogens with two attached hydrogens (primary N) is 1. The van der Waals surface area contributed by atoms with Crippen molar-refractivity contribution in [3.63, 3.8) is 0 Å². The molecule has 1 aromatic rings. The Labute approximate surface area is 106 Å². The van der Waals surface area contributed by atoms with Gasteiger partial charge in [0.15, 0.2) is 0 Å². The molecule has 6 nitrogen and oxygen atoms in total. The van der Waals surface area contributed by atoms with Gasteiger partial charge in [0.2, 0.25) is 10.0 Å². The summed E-state index contributed by atoms with van der Waals surface area (Å²) in [6.07, 6.45) is 0. The number of methoxy groups -OCH3 is 1. The number of carbonyl (C=O) groups excluding carboxylic acids is 1. The molecule has 0 saturated heterocycles.